The average Bonchev–Trinajstić information content (AvgIpc) is 2.46. The summed E-state index contributed by atoms with van der Waals surface area (Å²) >= 11 is 9.55. The molecule has 0 fully saturated rings. The van der Waals surface area contributed by atoms with E-state index in [1.165, 1.54) is 0 Å². The molecule has 4 heteroatoms. The second kappa shape index (κ2) is 6.60. The molecule has 0 aliphatic rings. The molecule has 0 N–H and O–H groups in total. The highest BCUT2D eigenvalue weighted by molar-refractivity contribution is 9.08. The molecule has 2 nitrogen and oxygen atoms in total. The van der Waals surface area contributed by atoms with Gasteiger partial charge in [-0.3, -0.25) is 0 Å². The largest absolute Gasteiger partial charge is 0.487 e. The molecule has 0 radical (unpaired) electrons. The number of ether oxygens (including phenoxy) is 1. The summed E-state index contributed by atoms with van der Waals surface area (Å²) in [5.41, 5.74) is 2.66. The maximum absolute atomic E-state index is 8.74. The topological polar surface area (TPSA) is 33.0 Å². The fourth-order valence-electron chi connectivity index (χ4n) is 1.65. The van der Waals surface area contributed by atoms with Gasteiger partial charge in [0.1, 0.15) is 12.4 Å². The van der Waals surface area contributed by atoms with E-state index < -0.39 is 0 Å². The third-order valence-corrected chi connectivity index (χ3v) is 3.56. The van der Waals surface area contributed by atoms with Crippen molar-refractivity contribution in [2.45, 2.75) is 11.9 Å². The summed E-state index contributed by atoms with van der Waals surface area (Å²) in [6.45, 7) is 0.426. The van der Waals surface area contributed by atoms with E-state index in [0.717, 1.165) is 11.1 Å². The average molecular weight is 337 g/mol. The molecule has 19 heavy (non-hydrogen) atoms. The van der Waals surface area contributed by atoms with Crippen LogP contribution < -0.4 is 4.74 Å². The number of nitriles is 1. The third kappa shape index (κ3) is 3.50. The maximum Gasteiger partial charge on any atom is 0.142 e. The Morgan fingerprint density at radius 3 is 2.53 bits per heavy atom. The van der Waals surface area contributed by atoms with Gasteiger partial charge in [0, 0.05) is 10.9 Å². The Kier molecular flexibility index (Phi) is 4.84. The van der Waals surface area contributed by atoms with Crippen LogP contribution in [0.25, 0.3) is 0 Å². The second-order valence-electron chi connectivity index (χ2n) is 3.96. The summed E-state index contributed by atoms with van der Waals surface area (Å²) < 4.78 is 5.77. The molecule has 0 heterocycles. The Morgan fingerprint density at radius 1 is 1.16 bits per heavy atom. The first-order valence-corrected chi connectivity index (χ1v) is 7.19. The lowest BCUT2D eigenvalue weighted by atomic mass is 10.1. The highest BCUT2D eigenvalue weighted by atomic mass is 79.9. The lowest BCUT2D eigenvalue weighted by Gasteiger charge is -2.11. The van der Waals surface area contributed by atoms with Gasteiger partial charge in [-0.05, 0) is 23.8 Å². The molecule has 0 aromatic heterocycles. The fraction of sp³-hybridized carbons (Fsp3) is 0.133. The number of para-hydroxylation sites is 1. The predicted molar refractivity (Wildman–Crippen MR) is 79.6 cm³/mol. The zero-order chi connectivity index (χ0) is 13.7. The SMILES string of the molecule is N#Cc1ccc(COc2c(Cl)cccc2CBr)cc1. The Labute approximate surface area is 125 Å². The number of rotatable bonds is 4. The van der Waals surface area contributed by atoms with Gasteiger partial charge in [0.15, 0.2) is 0 Å². The van der Waals surface area contributed by atoms with Crippen LogP contribution in [0.2, 0.25) is 5.02 Å². The fourth-order valence-corrected chi connectivity index (χ4v) is 2.34. The standard InChI is InChI=1S/C15H11BrClNO/c16-8-13-2-1-3-14(17)15(13)19-10-12-6-4-11(9-18)5-7-12/h1-7H,8,10H2. The van der Waals surface area contributed by atoms with Crippen molar-refractivity contribution in [1.29, 1.82) is 5.26 Å². The molecule has 0 spiro atoms. The van der Waals surface area contributed by atoms with Gasteiger partial charge in [-0.15, -0.1) is 0 Å². The van der Waals surface area contributed by atoms with Crippen LogP contribution in [0.3, 0.4) is 0 Å². The lowest BCUT2D eigenvalue weighted by Crippen LogP contribution is -1.98. The number of hydrogen-bond donors (Lipinski definition) is 0. The second-order valence-corrected chi connectivity index (χ2v) is 4.93. The van der Waals surface area contributed by atoms with Crippen LogP contribution in [0.4, 0.5) is 0 Å². The zero-order valence-electron chi connectivity index (χ0n) is 10.1. The Morgan fingerprint density at radius 2 is 1.89 bits per heavy atom. The molecule has 0 bridgehead atoms. The van der Waals surface area contributed by atoms with Gasteiger partial charge in [-0.1, -0.05) is 51.8 Å². The molecular weight excluding hydrogens is 326 g/mol. The quantitative estimate of drug-likeness (QED) is 0.759. The van der Waals surface area contributed by atoms with E-state index in [9.17, 15) is 0 Å². The Balaban J connectivity index is 2.12. The first kappa shape index (κ1) is 13.9. The highest BCUT2D eigenvalue weighted by Gasteiger charge is 2.07. The van der Waals surface area contributed by atoms with E-state index in [1.807, 2.05) is 30.3 Å². The number of nitrogens with zero attached hydrogens (tertiary/aromatic N) is 1. The monoisotopic (exact) mass is 335 g/mol. The van der Waals surface area contributed by atoms with Crippen LogP contribution in [0.15, 0.2) is 42.5 Å². The Hall–Kier alpha value is -1.50. The molecule has 0 saturated heterocycles. The van der Waals surface area contributed by atoms with Gasteiger partial charge in [-0.2, -0.15) is 5.26 Å². The normalized spacial score (nSPS) is 9.95. The van der Waals surface area contributed by atoms with Crippen molar-refractivity contribution >= 4 is 27.5 Å². The number of benzene rings is 2. The van der Waals surface area contributed by atoms with E-state index in [1.54, 1.807) is 12.1 Å². The van der Waals surface area contributed by atoms with Gasteiger partial charge in [0.25, 0.3) is 0 Å². The zero-order valence-corrected chi connectivity index (χ0v) is 12.4. The summed E-state index contributed by atoms with van der Waals surface area (Å²) in [6, 6.07) is 15.1. The number of alkyl halides is 1. The van der Waals surface area contributed by atoms with Crippen molar-refractivity contribution in [2.24, 2.45) is 0 Å². The molecular formula is C15H11BrClNO. The number of hydrogen-bond acceptors (Lipinski definition) is 2. The minimum absolute atomic E-state index is 0.426. The van der Waals surface area contributed by atoms with Crippen LogP contribution in [0.5, 0.6) is 5.75 Å². The predicted octanol–water partition coefficient (Wildman–Crippen LogP) is 4.69. The third-order valence-electron chi connectivity index (χ3n) is 2.66. The van der Waals surface area contributed by atoms with E-state index in [-0.39, 0.29) is 0 Å². The minimum atomic E-state index is 0.426. The van der Waals surface area contributed by atoms with Crippen molar-refractivity contribution in [3.05, 3.63) is 64.2 Å². The van der Waals surface area contributed by atoms with Gasteiger partial charge < -0.3 is 4.74 Å². The molecule has 2 rings (SSSR count). The van der Waals surface area contributed by atoms with Crippen LogP contribution in [-0.2, 0) is 11.9 Å². The summed E-state index contributed by atoms with van der Waals surface area (Å²) in [4.78, 5) is 0. The van der Waals surface area contributed by atoms with Crippen molar-refractivity contribution in [1.82, 2.24) is 0 Å². The molecule has 0 aliphatic carbocycles. The van der Waals surface area contributed by atoms with E-state index in [0.29, 0.717) is 28.3 Å². The van der Waals surface area contributed by atoms with Gasteiger partial charge in [0.2, 0.25) is 0 Å². The molecule has 2 aromatic carbocycles. The van der Waals surface area contributed by atoms with Gasteiger partial charge in [-0.25, -0.2) is 0 Å². The van der Waals surface area contributed by atoms with Crippen LogP contribution in [-0.4, -0.2) is 0 Å². The summed E-state index contributed by atoms with van der Waals surface area (Å²) in [6.07, 6.45) is 0. The van der Waals surface area contributed by atoms with Gasteiger partial charge in [0.05, 0.1) is 16.7 Å². The van der Waals surface area contributed by atoms with Crippen LogP contribution >= 0.6 is 27.5 Å². The smallest absolute Gasteiger partial charge is 0.142 e. The molecule has 0 atom stereocenters. The van der Waals surface area contributed by atoms with E-state index >= 15 is 0 Å². The molecule has 0 saturated carbocycles. The maximum atomic E-state index is 8.74. The van der Waals surface area contributed by atoms with E-state index in [2.05, 4.69) is 22.0 Å². The molecule has 0 unspecified atom stereocenters. The van der Waals surface area contributed by atoms with Crippen molar-refractivity contribution in [3.63, 3.8) is 0 Å². The first-order valence-electron chi connectivity index (χ1n) is 5.70. The number of halogens is 2. The molecule has 0 amide bonds. The van der Waals surface area contributed by atoms with Crippen LogP contribution in [0.1, 0.15) is 16.7 Å². The van der Waals surface area contributed by atoms with Gasteiger partial charge >= 0.3 is 0 Å². The molecule has 96 valence electrons. The summed E-state index contributed by atoms with van der Waals surface area (Å²) in [5, 5.41) is 10.0. The van der Waals surface area contributed by atoms with Crippen molar-refractivity contribution in [2.75, 3.05) is 0 Å². The van der Waals surface area contributed by atoms with Crippen molar-refractivity contribution in [3.8, 4) is 11.8 Å². The lowest BCUT2D eigenvalue weighted by molar-refractivity contribution is 0.304. The minimum Gasteiger partial charge on any atom is -0.487 e. The molecule has 2 aromatic rings. The van der Waals surface area contributed by atoms with Crippen molar-refractivity contribution < 1.29 is 4.74 Å². The first-order chi connectivity index (χ1) is 9.24. The van der Waals surface area contributed by atoms with E-state index in [4.69, 9.17) is 21.6 Å². The van der Waals surface area contributed by atoms with Crippen LogP contribution in [0, 0.1) is 11.3 Å². The Bertz CT molecular complexity index is 605. The summed E-state index contributed by atoms with van der Waals surface area (Å²) in [7, 11) is 0. The summed E-state index contributed by atoms with van der Waals surface area (Å²) in [5.74, 6) is 0.699. The molecule has 0 aliphatic heterocycles. The highest BCUT2D eigenvalue weighted by Crippen LogP contribution is 2.30.